The Kier molecular flexibility index (Phi) is 5.81. The fraction of sp³-hybridized carbons (Fsp3) is 0.632. The highest BCUT2D eigenvalue weighted by Gasteiger charge is 2.25. The van der Waals surface area contributed by atoms with E-state index in [4.69, 9.17) is 23.8 Å². The van der Waals surface area contributed by atoms with Gasteiger partial charge in [-0.2, -0.15) is 0 Å². The van der Waals surface area contributed by atoms with Gasteiger partial charge in [-0.3, -0.25) is 0 Å². The minimum atomic E-state index is -0.0781. The number of anilines is 1. The molecule has 0 radical (unpaired) electrons. The molecule has 2 nitrogen and oxygen atoms in total. The van der Waals surface area contributed by atoms with Gasteiger partial charge < -0.3 is 10.6 Å². The Bertz CT molecular complexity index is 587. The van der Waals surface area contributed by atoms with Crippen LogP contribution in [0, 0.1) is 0 Å². The van der Waals surface area contributed by atoms with Crippen molar-refractivity contribution in [2.45, 2.75) is 78.7 Å². The van der Waals surface area contributed by atoms with E-state index in [0.29, 0.717) is 5.11 Å². The largest absolute Gasteiger partial charge is 0.358 e. The molecular weight excluding hydrogens is 324 g/mol. The standard InChI is InChI=1S/C19H31ClN2S/c1-17(2,3)12-11-15(21-16(23)22-19(7,8)9)13(10-14(12)20)18(4,5)6/h10-11H,1-9H3,(H2,21,22,23). The predicted molar refractivity (Wildman–Crippen MR) is 108 cm³/mol. The third kappa shape index (κ3) is 5.96. The molecule has 0 amide bonds. The summed E-state index contributed by atoms with van der Waals surface area (Å²) < 4.78 is 0. The van der Waals surface area contributed by atoms with E-state index in [1.54, 1.807) is 0 Å². The van der Waals surface area contributed by atoms with Crippen LogP contribution in [0.25, 0.3) is 0 Å². The lowest BCUT2D eigenvalue weighted by Crippen LogP contribution is -2.43. The zero-order valence-electron chi connectivity index (χ0n) is 15.9. The van der Waals surface area contributed by atoms with Crippen LogP contribution in [-0.2, 0) is 10.8 Å². The summed E-state index contributed by atoms with van der Waals surface area (Å²) in [4.78, 5) is 0. The van der Waals surface area contributed by atoms with Crippen LogP contribution in [0.1, 0.15) is 73.4 Å². The number of benzene rings is 1. The summed E-state index contributed by atoms with van der Waals surface area (Å²) in [6.45, 7) is 19.3. The summed E-state index contributed by atoms with van der Waals surface area (Å²) in [6, 6.07) is 4.21. The molecule has 0 bridgehead atoms. The summed E-state index contributed by atoms with van der Waals surface area (Å²) in [6.07, 6.45) is 0. The molecule has 1 aromatic carbocycles. The smallest absolute Gasteiger partial charge is 0.171 e. The van der Waals surface area contributed by atoms with Gasteiger partial charge in [-0.05, 0) is 67.1 Å². The molecule has 0 heterocycles. The lowest BCUT2D eigenvalue weighted by atomic mass is 9.81. The normalized spacial score (nSPS) is 13.0. The van der Waals surface area contributed by atoms with Crippen molar-refractivity contribution >= 4 is 34.6 Å². The van der Waals surface area contributed by atoms with Crippen LogP contribution in [0.2, 0.25) is 5.02 Å². The van der Waals surface area contributed by atoms with Gasteiger partial charge in [0.1, 0.15) is 0 Å². The van der Waals surface area contributed by atoms with Crippen LogP contribution in [0.15, 0.2) is 12.1 Å². The van der Waals surface area contributed by atoms with E-state index in [2.05, 4.69) is 85.1 Å². The van der Waals surface area contributed by atoms with Crippen molar-refractivity contribution in [1.82, 2.24) is 5.32 Å². The minimum absolute atomic E-state index is 0.0248. The molecule has 130 valence electrons. The topological polar surface area (TPSA) is 24.1 Å². The monoisotopic (exact) mass is 354 g/mol. The number of thiocarbonyl (C=S) groups is 1. The quantitative estimate of drug-likeness (QED) is 0.603. The first-order valence-corrected chi connectivity index (χ1v) is 8.83. The third-order valence-corrected chi connectivity index (χ3v) is 3.98. The van der Waals surface area contributed by atoms with E-state index >= 15 is 0 Å². The van der Waals surface area contributed by atoms with Gasteiger partial charge in [0.15, 0.2) is 5.11 Å². The summed E-state index contributed by atoms with van der Waals surface area (Å²) in [7, 11) is 0. The molecule has 23 heavy (non-hydrogen) atoms. The van der Waals surface area contributed by atoms with E-state index in [1.807, 2.05) is 0 Å². The minimum Gasteiger partial charge on any atom is -0.358 e. The second-order valence-corrected chi connectivity index (χ2v) is 10.0. The molecule has 1 aromatic rings. The molecular formula is C19H31ClN2S. The van der Waals surface area contributed by atoms with Crippen molar-refractivity contribution in [3.8, 4) is 0 Å². The summed E-state index contributed by atoms with van der Waals surface area (Å²) in [5.41, 5.74) is 3.17. The Balaban J connectivity index is 3.34. The van der Waals surface area contributed by atoms with Gasteiger partial charge in [0.05, 0.1) is 0 Å². The summed E-state index contributed by atoms with van der Waals surface area (Å²) >= 11 is 12.0. The van der Waals surface area contributed by atoms with Crippen LogP contribution < -0.4 is 10.6 Å². The number of hydrogen-bond donors (Lipinski definition) is 2. The average molecular weight is 355 g/mol. The van der Waals surface area contributed by atoms with E-state index in [1.165, 1.54) is 0 Å². The zero-order chi connectivity index (χ0) is 18.2. The lowest BCUT2D eigenvalue weighted by Gasteiger charge is -2.30. The van der Waals surface area contributed by atoms with E-state index in [9.17, 15) is 0 Å². The Morgan fingerprint density at radius 2 is 1.35 bits per heavy atom. The van der Waals surface area contributed by atoms with Gasteiger partial charge in [-0.15, -0.1) is 0 Å². The number of halogens is 1. The van der Waals surface area contributed by atoms with Gasteiger partial charge in [0.25, 0.3) is 0 Å². The first-order valence-electron chi connectivity index (χ1n) is 8.05. The number of hydrogen-bond acceptors (Lipinski definition) is 1. The van der Waals surface area contributed by atoms with Crippen LogP contribution in [0.5, 0.6) is 0 Å². The highest BCUT2D eigenvalue weighted by Crippen LogP contribution is 2.38. The molecule has 0 aromatic heterocycles. The average Bonchev–Trinajstić information content (AvgIpc) is 2.25. The highest BCUT2D eigenvalue weighted by molar-refractivity contribution is 7.80. The molecule has 0 aliphatic heterocycles. The molecule has 1 rings (SSSR count). The third-order valence-electron chi connectivity index (χ3n) is 3.46. The maximum absolute atomic E-state index is 6.56. The molecule has 4 heteroatoms. The molecule has 0 atom stereocenters. The van der Waals surface area contributed by atoms with Crippen LogP contribution in [0.3, 0.4) is 0 Å². The van der Waals surface area contributed by atoms with Gasteiger partial charge in [-0.1, -0.05) is 53.1 Å². The van der Waals surface area contributed by atoms with Crippen LogP contribution in [0.4, 0.5) is 5.69 Å². The molecule has 0 aliphatic carbocycles. The van der Waals surface area contributed by atoms with Crippen molar-refractivity contribution < 1.29 is 0 Å². The van der Waals surface area contributed by atoms with Crippen molar-refractivity contribution in [2.24, 2.45) is 0 Å². The van der Waals surface area contributed by atoms with Crippen LogP contribution >= 0.6 is 23.8 Å². The highest BCUT2D eigenvalue weighted by atomic mass is 35.5. The fourth-order valence-corrected chi connectivity index (χ4v) is 3.23. The molecule has 0 saturated heterocycles. The Hall–Kier alpha value is -0.800. The Morgan fingerprint density at radius 3 is 1.74 bits per heavy atom. The molecule has 0 unspecified atom stereocenters. The van der Waals surface area contributed by atoms with Gasteiger partial charge in [0, 0.05) is 16.2 Å². The molecule has 0 saturated carbocycles. The maximum atomic E-state index is 6.56. The van der Waals surface area contributed by atoms with Crippen molar-refractivity contribution in [3.05, 3.63) is 28.3 Å². The van der Waals surface area contributed by atoms with Crippen molar-refractivity contribution in [1.29, 1.82) is 0 Å². The lowest BCUT2D eigenvalue weighted by molar-refractivity contribution is 0.514. The molecule has 2 N–H and O–H groups in total. The van der Waals surface area contributed by atoms with E-state index < -0.39 is 0 Å². The Morgan fingerprint density at radius 1 is 0.870 bits per heavy atom. The first kappa shape index (κ1) is 20.2. The first-order chi connectivity index (χ1) is 10.1. The van der Waals surface area contributed by atoms with Gasteiger partial charge >= 0.3 is 0 Å². The second kappa shape index (κ2) is 6.60. The summed E-state index contributed by atoms with van der Waals surface area (Å²) in [5, 5.41) is 8.12. The summed E-state index contributed by atoms with van der Waals surface area (Å²) in [5.74, 6) is 0. The van der Waals surface area contributed by atoms with Crippen molar-refractivity contribution in [2.75, 3.05) is 5.32 Å². The van der Waals surface area contributed by atoms with Crippen LogP contribution in [-0.4, -0.2) is 10.7 Å². The Labute approximate surface area is 152 Å². The van der Waals surface area contributed by atoms with Gasteiger partial charge in [-0.25, -0.2) is 0 Å². The van der Waals surface area contributed by atoms with E-state index in [-0.39, 0.29) is 16.4 Å². The number of rotatable bonds is 1. The molecule has 0 aliphatic rings. The predicted octanol–water partition coefficient (Wildman–Crippen LogP) is 6.02. The van der Waals surface area contributed by atoms with Gasteiger partial charge in [0.2, 0.25) is 0 Å². The fourth-order valence-electron chi connectivity index (χ4n) is 2.37. The molecule has 0 fully saturated rings. The maximum Gasteiger partial charge on any atom is 0.171 e. The SMILES string of the molecule is CC(C)(C)NC(=S)Nc1cc(C(C)(C)C)c(Cl)cc1C(C)(C)C. The van der Waals surface area contributed by atoms with Crippen molar-refractivity contribution in [3.63, 3.8) is 0 Å². The second-order valence-electron chi connectivity index (χ2n) is 9.21. The van der Waals surface area contributed by atoms with E-state index in [0.717, 1.165) is 21.8 Å². The molecule has 0 spiro atoms. The zero-order valence-corrected chi connectivity index (χ0v) is 17.5. The number of nitrogens with one attached hydrogen (secondary N) is 2.